The minimum Gasteiger partial charge on any atom is -0.374 e. The van der Waals surface area contributed by atoms with Crippen LogP contribution in [-0.2, 0) is 9.47 Å². The van der Waals surface area contributed by atoms with Gasteiger partial charge in [-0.15, -0.1) is 0 Å². The fourth-order valence-electron chi connectivity index (χ4n) is 7.15. The molecule has 1 saturated heterocycles. The van der Waals surface area contributed by atoms with Crippen molar-refractivity contribution in [2.75, 3.05) is 20.2 Å². The van der Waals surface area contributed by atoms with Crippen LogP contribution >= 0.6 is 0 Å². The smallest absolute Gasteiger partial charge is 0.168 e. The van der Waals surface area contributed by atoms with E-state index in [1.807, 2.05) is 38.4 Å². The number of hydrogen-bond acceptors (Lipinski definition) is 4. The van der Waals surface area contributed by atoms with E-state index in [2.05, 4.69) is 86.0 Å². The molecule has 0 spiro atoms. The Morgan fingerprint density at radius 1 is 0.655 bits per heavy atom. The van der Waals surface area contributed by atoms with E-state index in [4.69, 9.17) is 9.47 Å². The van der Waals surface area contributed by atoms with Gasteiger partial charge in [0.2, 0.25) is 0 Å². The van der Waals surface area contributed by atoms with Gasteiger partial charge in [0.05, 0.1) is 12.7 Å². The number of hydrogen-bond donors (Lipinski definition) is 0. The predicted octanol–water partition coefficient (Wildman–Crippen LogP) is 15.9. The molecule has 2 heterocycles. The van der Waals surface area contributed by atoms with Crippen molar-refractivity contribution in [1.82, 2.24) is 9.88 Å². The molecule has 0 N–H and O–H groups in total. The molecule has 0 amide bonds. The third-order valence-corrected chi connectivity index (χ3v) is 10.7. The van der Waals surface area contributed by atoms with Crippen molar-refractivity contribution in [2.45, 2.75) is 213 Å². The largest absolute Gasteiger partial charge is 0.374 e. The monoisotopic (exact) mass is 761 g/mol. The normalized spacial score (nSPS) is 15.5. The maximum Gasteiger partial charge on any atom is 0.168 e. The minimum atomic E-state index is -0.393. The lowest BCUT2D eigenvalue weighted by molar-refractivity contribution is -0.180. The second-order valence-electron chi connectivity index (χ2n) is 15.5. The molecule has 1 unspecified atom stereocenters. The molecule has 0 saturated carbocycles. The van der Waals surface area contributed by atoms with E-state index >= 15 is 0 Å². The first kappa shape index (κ1) is 50.6. The minimum absolute atomic E-state index is 0.150. The average molecular weight is 761 g/mol. The number of ether oxygens (including phenoxy) is 2. The Morgan fingerprint density at radius 3 is 1.53 bits per heavy atom. The van der Waals surface area contributed by atoms with Gasteiger partial charge in [-0.25, -0.2) is 0 Å². The van der Waals surface area contributed by atoms with Crippen molar-refractivity contribution in [3.05, 3.63) is 85.3 Å². The highest BCUT2D eigenvalue weighted by Gasteiger charge is 2.40. The molecule has 0 bridgehead atoms. The first-order valence-corrected chi connectivity index (χ1v) is 23.3. The zero-order chi connectivity index (χ0) is 39.9. The van der Waals surface area contributed by atoms with Gasteiger partial charge in [0.1, 0.15) is 0 Å². The van der Waals surface area contributed by atoms with Crippen molar-refractivity contribution in [3.8, 4) is 0 Å². The Bertz CT molecular complexity index is 1060. The number of rotatable bonds is 35. The van der Waals surface area contributed by atoms with Crippen LogP contribution in [0.25, 0.3) is 5.70 Å². The van der Waals surface area contributed by atoms with Crippen molar-refractivity contribution >= 4 is 5.70 Å². The Kier molecular flexibility index (Phi) is 34.2. The van der Waals surface area contributed by atoms with Gasteiger partial charge in [-0.3, -0.25) is 4.98 Å². The number of unbranched alkanes of at least 4 members (excludes halogenated alkanes) is 18. The molecular formula is C51H88N2O2. The summed E-state index contributed by atoms with van der Waals surface area (Å²) in [6.07, 6.45) is 56.2. The number of aromatic nitrogens is 1. The highest BCUT2D eigenvalue weighted by molar-refractivity contribution is 5.60. The Balaban J connectivity index is 0.00000743. The quantitative estimate of drug-likeness (QED) is 0.0510. The molecule has 2 rings (SSSR count). The van der Waals surface area contributed by atoms with Crippen LogP contribution in [0, 0.1) is 0 Å². The van der Waals surface area contributed by atoms with Gasteiger partial charge in [0, 0.05) is 50.1 Å². The summed E-state index contributed by atoms with van der Waals surface area (Å²) < 4.78 is 13.4. The fraction of sp³-hybridized carbons (Fsp3) is 0.706. The van der Waals surface area contributed by atoms with E-state index in [9.17, 15) is 0 Å². The maximum atomic E-state index is 6.82. The molecule has 1 aromatic heterocycles. The molecule has 4 heteroatoms. The molecule has 55 heavy (non-hydrogen) atoms. The SMILES string of the molecule is C=C(c1ccncc1)N(C)CCC1COC(CCCCCCCC/C=C\C/C=C\CCCCC)(CCCCCCCC/C=C\C/C=C\CCCCC)O1.CC. The summed E-state index contributed by atoms with van der Waals surface area (Å²) in [6.45, 7) is 14.5. The van der Waals surface area contributed by atoms with E-state index in [0.717, 1.165) is 49.9 Å². The second-order valence-corrected chi connectivity index (χ2v) is 15.5. The summed E-state index contributed by atoms with van der Waals surface area (Å²) in [5.41, 5.74) is 2.15. The van der Waals surface area contributed by atoms with E-state index in [0.29, 0.717) is 6.61 Å². The topological polar surface area (TPSA) is 34.6 Å². The summed E-state index contributed by atoms with van der Waals surface area (Å²) in [6, 6.07) is 4.05. The first-order valence-electron chi connectivity index (χ1n) is 23.3. The highest BCUT2D eigenvalue weighted by atomic mass is 16.7. The first-order chi connectivity index (χ1) is 27.1. The summed E-state index contributed by atoms with van der Waals surface area (Å²) in [5, 5.41) is 0. The standard InChI is InChI=1S/C49H82N2O2.C2H6/c1-5-7-9-11-13-15-17-19-21-23-25-27-29-31-33-35-40-49(41-36-34-32-30-28-26-24-22-20-18-16-14-12-10-8-6-2)52-45-48(53-49)39-44-51(4)46(3)47-37-42-50-43-38-47;1-2/h13-16,19-22,37-38,42-43,48H,3,5-12,17-18,23-36,39-41,44-45H2,1-2,4H3;1-2H3/b15-13-,16-14-,21-19-,22-20-;. The average Bonchev–Trinajstić information content (AvgIpc) is 3.63. The zero-order valence-electron chi connectivity index (χ0n) is 36.9. The van der Waals surface area contributed by atoms with Crippen molar-refractivity contribution in [1.29, 1.82) is 0 Å². The Labute approximate surface area is 342 Å². The van der Waals surface area contributed by atoms with Crippen molar-refractivity contribution < 1.29 is 9.47 Å². The van der Waals surface area contributed by atoms with Crippen LogP contribution in [0.4, 0.5) is 0 Å². The second kappa shape index (κ2) is 37.2. The number of nitrogens with zero attached hydrogens (tertiary/aromatic N) is 2. The van der Waals surface area contributed by atoms with Crippen LogP contribution in [0.1, 0.15) is 207 Å². The van der Waals surface area contributed by atoms with Crippen LogP contribution in [-0.4, -0.2) is 42.0 Å². The predicted molar refractivity (Wildman–Crippen MR) is 243 cm³/mol. The van der Waals surface area contributed by atoms with Crippen LogP contribution < -0.4 is 0 Å². The number of pyridine rings is 1. The van der Waals surface area contributed by atoms with E-state index in [-0.39, 0.29) is 6.10 Å². The van der Waals surface area contributed by atoms with Gasteiger partial charge in [-0.2, -0.15) is 0 Å². The van der Waals surface area contributed by atoms with E-state index < -0.39 is 5.79 Å². The molecule has 1 fully saturated rings. The van der Waals surface area contributed by atoms with Gasteiger partial charge in [0.25, 0.3) is 0 Å². The van der Waals surface area contributed by atoms with Gasteiger partial charge < -0.3 is 14.4 Å². The Morgan fingerprint density at radius 2 is 1.07 bits per heavy atom. The van der Waals surface area contributed by atoms with Crippen molar-refractivity contribution in [2.24, 2.45) is 0 Å². The summed E-state index contributed by atoms with van der Waals surface area (Å²) >= 11 is 0. The van der Waals surface area contributed by atoms with Crippen LogP contribution in [0.15, 0.2) is 79.7 Å². The molecule has 1 atom stereocenters. The summed E-state index contributed by atoms with van der Waals surface area (Å²) in [5.74, 6) is -0.393. The van der Waals surface area contributed by atoms with Crippen molar-refractivity contribution in [3.63, 3.8) is 0 Å². The van der Waals surface area contributed by atoms with Gasteiger partial charge in [-0.05, 0) is 95.6 Å². The molecule has 0 aromatic carbocycles. The molecule has 0 aliphatic carbocycles. The third kappa shape index (κ3) is 27.8. The maximum absolute atomic E-state index is 6.82. The van der Waals surface area contributed by atoms with Crippen LogP contribution in [0.2, 0.25) is 0 Å². The molecule has 314 valence electrons. The molecular weight excluding hydrogens is 673 g/mol. The lowest BCUT2D eigenvalue weighted by Crippen LogP contribution is -2.32. The molecule has 4 nitrogen and oxygen atoms in total. The lowest BCUT2D eigenvalue weighted by Gasteiger charge is -2.29. The molecule has 0 radical (unpaired) electrons. The van der Waals surface area contributed by atoms with Gasteiger partial charge in [0.15, 0.2) is 5.79 Å². The third-order valence-electron chi connectivity index (χ3n) is 10.7. The number of allylic oxidation sites excluding steroid dienone is 8. The van der Waals surface area contributed by atoms with Gasteiger partial charge in [-0.1, -0.05) is 160 Å². The summed E-state index contributed by atoms with van der Waals surface area (Å²) in [7, 11) is 2.13. The molecule has 1 aromatic rings. The van der Waals surface area contributed by atoms with Crippen LogP contribution in [0.3, 0.4) is 0 Å². The lowest BCUT2D eigenvalue weighted by atomic mass is 9.98. The van der Waals surface area contributed by atoms with Gasteiger partial charge >= 0.3 is 0 Å². The highest BCUT2D eigenvalue weighted by Crippen LogP contribution is 2.36. The Hall–Kier alpha value is -2.43. The van der Waals surface area contributed by atoms with Crippen LogP contribution in [0.5, 0.6) is 0 Å². The fourth-order valence-corrected chi connectivity index (χ4v) is 7.15. The van der Waals surface area contributed by atoms with E-state index in [1.54, 1.807) is 0 Å². The van der Waals surface area contributed by atoms with E-state index in [1.165, 1.54) is 141 Å². The zero-order valence-corrected chi connectivity index (χ0v) is 36.9. The summed E-state index contributed by atoms with van der Waals surface area (Å²) in [4.78, 5) is 6.39. The molecule has 1 aliphatic heterocycles. The molecule has 1 aliphatic rings.